The number of aryl methyl sites for hydroxylation is 1. The molecule has 0 saturated carbocycles. The Labute approximate surface area is 109 Å². The number of fused-ring (bicyclic) bond motifs is 1. The molecule has 1 unspecified atom stereocenters. The van der Waals surface area contributed by atoms with E-state index in [1.54, 1.807) is 0 Å². The third kappa shape index (κ3) is 2.54. The van der Waals surface area contributed by atoms with Crippen molar-refractivity contribution in [3.63, 3.8) is 0 Å². The van der Waals surface area contributed by atoms with Gasteiger partial charge in [-0.3, -0.25) is 0 Å². The van der Waals surface area contributed by atoms with E-state index >= 15 is 0 Å². The minimum absolute atomic E-state index is 0.00270. The van der Waals surface area contributed by atoms with Gasteiger partial charge in [0.2, 0.25) is 0 Å². The van der Waals surface area contributed by atoms with Crippen LogP contribution in [0.1, 0.15) is 56.6 Å². The van der Waals surface area contributed by atoms with E-state index in [4.69, 9.17) is 9.72 Å². The molecule has 0 spiro atoms. The van der Waals surface area contributed by atoms with Crippen molar-refractivity contribution in [2.45, 2.75) is 53.8 Å². The van der Waals surface area contributed by atoms with E-state index in [-0.39, 0.29) is 11.5 Å². The van der Waals surface area contributed by atoms with Gasteiger partial charge in [-0.2, -0.15) is 0 Å². The summed E-state index contributed by atoms with van der Waals surface area (Å²) in [5, 5.41) is 3.32. The fourth-order valence-electron chi connectivity index (χ4n) is 2.36. The van der Waals surface area contributed by atoms with E-state index in [1.807, 2.05) is 6.92 Å². The summed E-state index contributed by atoms with van der Waals surface area (Å²) in [7, 11) is 0. The highest BCUT2D eigenvalue weighted by molar-refractivity contribution is 5.29. The lowest BCUT2D eigenvalue weighted by Crippen LogP contribution is -2.24. The van der Waals surface area contributed by atoms with Gasteiger partial charge in [0, 0.05) is 31.0 Å². The van der Waals surface area contributed by atoms with E-state index in [0.29, 0.717) is 6.61 Å². The number of ether oxygens (including phenoxy) is 1. The molecule has 1 aliphatic heterocycles. The summed E-state index contributed by atoms with van der Waals surface area (Å²) in [5.74, 6) is 0.823. The second kappa shape index (κ2) is 4.94. The van der Waals surface area contributed by atoms with Gasteiger partial charge in [-0.1, -0.05) is 20.8 Å². The number of aromatic nitrogens is 2. The summed E-state index contributed by atoms with van der Waals surface area (Å²) >= 11 is 0. The monoisotopic (exact) mass is 249 g/mol. The maximum atomic E-state index is 5.86. The van der Waals surface area contributed by atoms with Crippen LogP contribution in [0.25, 0.3) is 0 Å². The summed E-state index contributed by atoms with van der Waals surface area (Å²) in [5.41, 5.74) is 3.46. The fourth-order valence-corrected chi connectivity index (χ4v) is 2.36. The van der Waals surface area contributed by atoms with Gasteiger partial charge in [-0.25, -0.2) is 9.97 Å². The Kier molecular flexibility index (Phi) is 3.69. The maximum absolute atomic E-state index is 5.86. The normalized spacial score (nSPS) is 16.7. The zero-order valence-electron chi connectivity index (χ0n) is 12.0. The van der Waals surface area contributed by atoms with Gasteiger partial charge in [-0.15, -0.1) is 0 Å². The predicted octanol–water partition coefficient (Wildman–Crippen LogP) is 2.51. The minimum atomic E-state index is -0.0490. The van der Waals surface area contributed by atoms with Crippen LogP contribution >= 0.6 is 0 Å². The first kappa shape index (κ1) is 13.4. The van der Waals surface area contributed by atoms with Gasteiger partial charge in [-0.05, 0) is 19.3 Å². The first-order chi connectivity index (χ1) is 8.43. The largest absolute Gasteiger partial charge is 0.370 e. The van der Waals surface area contributed by atoms with Crippen LogP contribution in [-0.4, -0.2) is 16.6 Å². The quantitative estimate of drug-likeness (QED) is 0.894. The molecule has 100 valence electrons. The van der Waals surface area contributed by atoms with E-state index in [9.17, 15) is 0 Å². The van der Waals surface area contributed by atoms with Crippen LogP contribution in [0.2, 0.25) is 0 Å². The SMILES string of the molecule is CCOC(c1nc(C)c2c(n1)CNC2)C(C)(C)C. The minimum Gasteiger partial charge on any atom is -0.370 e. The van der Waals surface area contributed by atoms with Crippen molar-refractivity contribution in [3.05, 3.63) is 22.8 Å². The molecule has 4 heteroatoms. The van der Waals surface area contributed by atoms with Gasteiger partial charge < -0.3 is 10.1 Å². The van der Waals surface area contributed by atoms with Crippen LogP contribution in [0.5, 0.6) is 0 Å². The van der Waals surface area contributed by atoms with Gasteiger partial charge in [0.05, 0.1) is 5.69 Å². The van der Waals surface area contributed by atoms with E-state index in [2.05, 4.69) is 38.0 Å². The standard InChI is InChI=1S/C14H23N3O/c1-6-18-12(14(3,4)5)13-16-9(2)10-7-15-8-11(10)17-13/h12,15H,6-8H2,1-5H3. The second-order valence-electron chi connectivity index (χ2n) is 5.90. The van der Waals surface area contributed by atoms with Gasteiger partial charge in [0.1, 0.15) is 6.10 Å². The highest BCUT2D eigenvalue weighted by atomic mass is 16.5. The van der Waals surface area contributed by atoms with E-state index < -0.39 is 0 Å². The molecular formula is C14H23N3O. The van der Waals surface area contributed by atoms with Crippen LogP contribution in [-0.2, 0) is 17.8 Å². The predicted molar refractivity (Wildman–Crippen MR) is 71.1 cm³/mol. The Hall–Kier alpha value is -1.00. The molecule has 0 amide bonds. The van der Waals surface area contributed by atoms with Crippen molar-refractivity contribution in [2.75, 3.05) is 6.61 Å². The molecule has 0 aromatic carbocycles. The molecule has 1 atom stereocenters. The smallest absolute Gasteiger partial charge is 0.158 e. The van der Waals surface area contributed by atoms with Crippen LogP contribution in [0.3, 0.4) is 0 Å². The van der Waals surface area contributed by atoms with Crippen molar-refractivity contribution in [1.82, 2.24) is 15.3 Å². The Bertz CT molecular complexity index is 437. The molecule has 0 aliphatic carbocycles. The average molecular weight is 249 g/mol. The zero-order chi connectivity index (χ0) is 13.3. The lowest BCUT2D eigenvalue weighted by Gasteiger charge is -2.29. The summed E-state index contributed by atoms with van der Waals surface area (Å²) in [6.45, 7) is 13.0. The molecule has 2 heterocycles. The highest BCUT2D eigenvalue weighted by Crippen LogP contribution is 2.35. The van der Waals surface area contributed by atoms with Crippen molar-refractivity contribution >= 4 is 0 Å². The number of nitrogens with one attached hydrogen (secondary N) is 1. The van der Waals surface area contributed by atoms with Gasteiger partial charge >= 0.3 is 0 Å². The first-order valence-electron chi connectivity index (χ1n) is 6.62. The Morgan fingerprint density at radius 3 is 2.61 bits per heavy atom. The van der Waals surface area contributed by atoms with Crippen LogP contribution in [0, 0.1) is 12.3 Å². The lowest BCUT2D eigenvalue weighted by atomic mass is 9.88. The number of nitrogens with zero attached hydrogens (tertiary/aromatic N) is 2. The Balaban J connectivity index is 2.40. The zero-order valence-corrected chi connectivity index (χ0v) is 12.0. The number of hydrogen-bond donors (Lipinski definition) is 1. The lowest BCUT2D eigenvalue weighted by molar-refractivity contribution is -0.0193. The summed E-state index contributed by atoms with van der Waals surface area (Å²) < 4.78 is 5.86. The van der Waals surface area contributed by atoms with Crippen LogP contribution < -0.4 is 5.32 Å². The molecule has 1 N–H and O–H groups in total. The molecule has 0 radical (unpaired) electrons. The summed E-state index contributed by atoms with van der Waals surface area (Å²) in [6, 6.07) is 0. The Morgan fingerprint density at radius 2 is 2.00 bits per heavy atom. The molecule has 4 nitrogen and oxygen atoms in total. The molecule has 2 rings (SSSR count). The Morgan fingerprint density at radius 1 is 1.28 bits per heavy atom. The summed E-state index contributed by atoms with van der Waals surface area (Å²) in [6.07, 6.45) is -0.0490. The van der Waals surface area contributed by atoms with Gasteiger partial charge in [0.15, 0.2) is 5.82 Å². The molecule has 1 aromatic rings. The van der Waals surface area contributed by atoms with Crippen molar-refractivity contribution in [2.24, 2.45) is 5.41 Å². The maximum Gasteiger partial charge on any atom is 0.158 e. The van der Waals surface area contributed by atoms with Crippen molar-refractivity contribution in [1.29, 1.82) is 0 Å². The molecular weight excluding hydrogens is 226 g/mol. The highest BCUT2D eigenvalue weighted by Gasteiger charge is 2.31. The average Bonchev–Trinajstić information content (AvgIpc) is 2.72. The molecule has 0 fully saturated rings. The molecule has 0 bridgehead atoms. The van der Waals surface area contributed by atoms with Crippen LogP contribution in [0.4, 0.5) is 0 Å². The van der Waals surface area contributed by atoms with E-state index in [0.717, 1.165) is 30.3 Å². The van der Waals surface area contributed by atoms with Crippen molar-refractivity contribution in [3.8, 4) is 0 Å². The third-order valence-corrected chi connectivity index (χ3v) is 3.27. The van der Waals surface area contributed by atoms with Gasteiger partial charge in [0.25, 0.3) is 0 Å². The summed E-state index contributed by atoms with van der Waals surface area (Å²) in [4.78, 5) is 9.36. The number of hydrogen-bond acceptors (Lipinski definition) is 4. The molecule has 18 heavy (non-hydrogen) atoms. The molecule has 1 aliphatic rings. The van der Waals surface area contributed by atoms with Crippen LogP contribution in [0.15, 0.2) is 0 Å². The van der Waals surface area contributed by atoms with Crippen molar-refractivity contribution < 1.29 is 4.74 Å². The molecule has 1 aromatic heterocycles. The second-order valence-corrected chi connectivity index (χ2v) is 5.90. The fraction of sp³-hybridized carbons (Fsp3) is 0.714. The third-order valence-electron chi connectivity index (χ3n) is 3.27. The first-order valence-corrected chi connectivity index (χ1v) is 6.62. The molecule has 0 saturated heterocycles. The topological polar surface area (TPSA) is 47.0 Å². The van der Waals surface area contributed by atoms with E-state index in [1.165, 1.54) is 5.56 Å². The number of rotatable bonds is 3.